The maximum absolute atomic E-state index is 12.5. The molecule has 4 nitrogen and oxygen atoms in total. The molecule has 166 valence electrons. The Kier molecular flexibility index (Phi) is 7.76. The number of carbonyl (C=O) groups excluding carboxylic acids is 1. The highest BCUT2D eigenvalue weighted by molar-refractivity contribution is 5.94. The quantitative estimate of drug-likeness (QED) is 0.663. The molecule has 1 saturated heterocycles. The molecule has 1 N–H and O–H groups in total. The Morgan fingerprint density at radius 3 is 2.23 bits per heavy atom. The van der Waals surface area contributed by atoms with Crippen molar-refractivity contribution < 1.29 is 9.53 Å². The van der Waals surface area contributed by atoms with Crippen molar-refractivity contribution in [2.24, 2.45) is 0 Å². The van der Waals surface area contributed by atoms with Crippen molar-refractivity contribution in [1.82, 2.24) is 10.2 Å². The first kappa shape index (κ1) is 22.0. The smallest absolute Gasteiger partial charge is 0.251 e. The number of rotatable bonds is 7. The lowest BCUT2D eigenvalue weighted by Gasteiger charge is -2.28. The average Bonchev–Trinajstić information content (AvgIpc) is 2.83. The number of piperidine rings is 1. The van der Waals surface area contributed by atoms with Crippen LogP contribution in [0.5, 0.6) is 0 Å². The van der Waals surface area contributed by atoms with E-state index in [1.54, 1.807) is 0 Å². The molecule has 0 aromatic heterocycles. The van der Waals surface area contributed by atoms with Crippen LogP contribution in [0.1, 0.15) is 77.9 Å². The lowest BCUT2D eigenvalue weighted by molar-refractivity contribution is 0.00213. The maximum atomic E-state index is 12.5. The summed E-state index contributed by atoms with van der Waals surface area (Å²) >= 11 is 0. The Morgan fingerprint density at radius 2 is 1.55 bits per heavy atom. The van der Waals surface area contributed by atoms with E-state index in [4.69, 9.17) is 4.74 Å². The van der Waals surface area contributed by atoms with Gasteiger partial charge in [0.05, 0.1) is 12.7 Å². The summed E-state index contributed by atoms with van der Waals surface area (Å²) in [4.78, 5) is 14.9. The Morgan fingerprint density at radius 1 is 0.903 bits per heavy atom. The van der Waals surface area contributed by atoms with Gasteiger partial charge in [-0.3, -0.25) is 4.79 Å². The number of likely N-dealkylation sites (tertiary alicyclic amines) is 1. The number of hydrogen-bond acceptors (Lipinski definition) is 3. The zero-order chi connectivity index (χ0) is 21.5. The second-order valence-corrected chi connectivity index (χ2v) is 9.27. The van der Waals surface area contributed by atoms with Gasteiger partial charge in [0.15, 0.2) is 0 Å². The van der Waals surface area contributed by atoms with Crippen LogP contribution >= 0.6 is 0 Å². The van der Waals surface area contributed by atoms with Gasteiger partial charge in [-0.1, -0.05) is 55.7 Å². The van der Waals surface area contributed by atoms with E-state index in [2.05, 4.69) is 41.5 Å². The molecule has 0 spiro atoms. The number of carbonyl (C=O) groups is 1. The van der Waals surface area contributed by atoms with Crippen LogP contribution in [0.2, 0.25) is 0 Å². The van der Waals surface area contributed by atoms with Crippen molar-refractivity contribution in [1.29, 1.82) is 0 Å². The van der Waals surface area contributed by atoms with Crippen molar-refractivity contribution in [3.05, 3.63) is 70.8 Å². The Bertz CT molecular complexity index is 817. The summed E-state index contributed by atoms with van der Waals surface area (Å²) in [5, 5.41) is 3.05. The van der Waals surface area contributed by atoms with Crippen molar-refractivity contribution in [3.8, 4) is 0 Å². The van der Waals surface area contributed by atoms with E-state index in [0.29, 0.717) is 24.8 Å². The summed E-state index contributed by atoms with van der Waals surface area (Å²) in [7, 11) is 2.16. The van der Waals surface area contributed by atoms with Gasteiger partial charge in [0.2, 0.25) is 0 Å². The SMILES string of the molecule is CN1CCC(OCc2ccc(C(=O)NCc3ccc(C4CCCCC4)cc3)cc2)CC1. The molecule has 31 heavy (non-hydrogen) atoms. The van der Waals surface area contributed by atoms with E-state index in [-0.39, 0.29) is 5.91 Å². The van der Waals surface area contributed by atoms with Crippen LogP contribution in [0.4, 0.5) is 0 Å². The van der Waals surface area contributed by atoms with Gasteiger partial charge in [-0.2, -0.15) is 0 Å². The predicted octanol–water partition coefficient (Wildman–Crippen LogP) is 5.28. The van der Waals surface area contributed by atoms with Crippen molar-refractivity contribution >= 4 is 5.91 Å². The minimum Gasteiger partial charge on any atom is -0.373 e. The second-order valence-electron chi connectivity index (χ2n) is 9.27. The van der Waals surface area contributed by atoms with Crippen LogP contribution in [0.15, 0.2) is 48.5 Å². The molecule has 4 rings (SSSR count). The fourth-order valence-electron chi connectivity index (χ4n) is 4.75. The summed E-state index contributed by atoms with van der Waals surface area (Å²) in [6, 6.07) is 16.6. The molecular formula is C27H36N2O2. The molecule has 1 heterocycles. The maximum Gasteiger partial charge on any atom is 0.251 e. The van der Waals surface area contributed by atoms with Crippen LogP contribution in [0.25, 0.3) is 0 Å². The lowest BCUT2D eigenvalue weighted by Crippen LogP contribution is -2.34. The second kappa shape index (κ2) is 10.9. The zero-order valence-electron chi connectivity index (χ0n) is 18.8. The molecule has 0 radical (unpaired) electrons. The summed E-state index contributed by atoms with van der Waals surface area (Å²) in [6.07, 6.45) is 9.26. The van der Waals surface area contributed by atoms with Crippen LogP contribution in [-0.4, -0.2) is 37.0 Å². The predicted molar refractivity (Wildman–Crippen MR) is 125 cm³/mol. The fourth-order valence-corrected chi connectivity index (χ4v) is 4.75. The molecule has 4 heteroatoms. The van der Waals surface area contributed by atoms with E-state index in [1.165, 1.54) is 37.7 Å². The molecule has 1 aliphatic heterocycles. The minimum atomic E-state index is -0.0286. The Labute approximate surface area is 187 Å². The number of ether oxygens (including phenoxy) is 1. The average molecular weight is 421 g/mol. The monoisotopic (exact) mass is 420 g/mol. The lowest BCUT2D eigenvalue weighted by atomic mass is 9.84. The highest BCUT2D eigenvalue weighted by atomic mass is 16.5. The highest BCUT2D eigenvalue weighted by Gasteiger charge is 2.17. The normalized spacial score (nSPS) is 18.7. The first-order valence-electron chi connectivity index (χ1n) is 11.9. The summed E-state index contributed by atoms with van der Waals surface area (Å²) in [5.74, 6) is 0.693. The molecule has 0 unspecified atom stereocenters. The molecule has 2 fully saturated rings. The van der Waals surface area contributed by atoms with Gasteiger partial charge in [0, 0.05) is 25.2 Å². The standard InChI is InChI=1S/C27H36N2O2/c1-29-17-15-26(16-18-29)31-20-22-9-13-25(14-10-22)27(30)28-19-21-7-11-24(12-8-21)23-5-3-2-4-6-23/h7-14,23,26H,2-6,15-20H2,1H3,(H,28,30). The van der Waals surface area contributed by atoms with Gasteiger partial charge >= 0.3 is 0 Å². The van der Waals surface area contributed by atoms with Crippen molar-refractivity contribution in [2.75, 3.05) is 20.1 Å². The van der Waals surface area contributed by atoms with Crippen molar-refractivity contribution in [3.63, 3.8) is 0 Å². The fraction of sp³-hybridized carbons (Fsp3) is 0.519. The van der Waals surface area contributed by atoms with E-state index in [9.17, 15) is 4.79 Å². The third-order valence-electron chi connectivity index (χ3n) is 6.88. The summed E-state index contributed by atoms with van der Waals surface area (Å²) < 4.78 is 6.05. The van der Waals surface area contributed by atoms with Gasteiger partial charge in [0.25, 0.3) is 5.91 Å². The third kappa shape index (κ3) is 6.41. The van der Waals surface area contributed by atoms with Gasteiger partial charge in [-0.15, -0.1) is 0 Å². The van der Waals surface area contributed by atoms with Crippen LogP contribution in [0.3, 0.4) is 0 Å². The molecule has 0 bridgehead atoms. The number of amides is 1. The zero-order valence-corrected chi connectivity index (χ0v) is 18.8. The molecule has 2 aromatic carbocycles. The van der Waals surface area contributed by atoms with Gasteiger partial charge in [0.1, 0.15) is 0 Å². The molecule has 1 amide bonds. The van der Waals surface area contributed by atoms with E-state index in [0.717, 1.165) is 43.0 Å². The van der Waals surface area contributed by atoms with Crippen molar-refractivity contribution in [2.45, 2.75) is 70.1 Å². The first-order valence-corrected chi connectivity index (χ1v) is 11.9. The third-order valence-corrected chi connectivity index (χ3v) is 6.88. The Balaban J connectivity index is 1.22. The van der Waals surface area contributed by atoms with E-state index >= 15 is 0 Å². The Hall–Kier alpha value is -2.17. The van der Waals surface area contributed by atoms with Gasteiger partial charge in [-0.05, 0) is 67.5 Å². The summed E-state index contributed by atoms with van der Waals surface area (Å²) in [5.41, 5.74) is 4.42. The van der Waals surface area contributed by atoms with Crippen LogP contribution in [0, 0.1) is 0 Å². The van der Waals surface area contributed by atoms with E-state index in [1.807, 2.05) is 24.3 Å². The topological polar surface area (TPSA) is 41.6 Å². The summed E-state index contributed by atoms with van der Waals surface area (Å²) in [6.45, 7) is 3.38. The van der Waals surface area contributed by atoms with Crippen LogP contribution in [-0.2, 0) is 17.9 Å². The van der Waals surface area contributed by atoms with Crippen LogP contribution < -0.4 is 5.32 Å². The number of nitrogens with one attached hydrogen (secondary N) is 1. The number of nitrogens with zero attached hydrogens (tertiary/aromatic N) is 1. The molecule has 2 aromatic rings. The molecular weight excluding hydrogens is 384 g/mol. The molecule has 2 aliphatic rings. The first-order chi connectivity index (χ1) is 15.2. The molecule has 0 atom stereocenters. The molecule has 1 aliphatic carbocycles. The van der Waals surface area contributed by atoms with E-state index < -0.39 is 0 Å². The van der Waals surface area contributed by atoms with Gasteiger partial charge < -0.3 is 15.0 Å². The number of benzene rings is 2. The molecule has 1 saturated carbocycles. The minimum absolute atomic E-state index is 0.0286. The highest BCUT2D eigenvalue weighted by Crippen LogP contribution is 2.32. The van der Waals surface area contributed by atoms with Gasteiger partial charge in [-0.25, -0.2) is 0 Å². The number of hydrogen-bond donors (Lipinski definition) is 1. The largest absolute Gasteiger partial charge is 0.373 e.